The Labute approximate surface area is 111 Å². The molecule has 0 aliphatic carbocycles. The molecule has 0 spiro atoms. The molecule has 2 rings (SSSR count). The number of aryl methyl sites for hydroxylation is 1. The van der Waals surface area contributed by atoms with E-state index >= 15 is 0 Å². The minimum atomic E-state index is 0.412. The first-order valence-electron chi connectivity index (χ1n) is 7.06. The van der Waals surface area contributed by atoms with Crippen LogP contribution in [0.1, 0.15) is 44.7 Å². The smallest absolute Gasteiger partial charge is 0.0398 e. The molecular formula is C16H26N2. The van der Waals surface area contributed by atoms with Gasteiger partial charge in [0.15, 0.2) is 0 Å². The number of anilines is 1. The third kappa shape index (κ3) is 3.26. The second-order valence-electron chi connectivity index (χ2n) is 6.57. The second-order valence-corrected chi connectivity index (χ2v) is 6.57. The number of nitrogens with zero attached hydrogens (tertiary/aromatic N) is 1. The zero-order valence-corrected chi connectivity index (χ0v) is 12.0. The van der Waals surface area contributed by atoms with Crippen LogP contribution in [0.25, 0.3) is 0 Å². The SMILES string of the molecule is CC(C)(C)CCN1CCCc2cc(CN)ccc21. The Morgan fingerprint density at radius 1 is 1.28 bits per heavy atom. The highest BCUT2D eigenvalue weighted by Gasteiger charge is 2.19. The van der Waals surface area contributed by atoms with Crippen LogP contribution in [0.3, 0.4) is 0 Å². The molecule has 1 aliphatic rings. The maximum atomic E-state index is 5.72. The van der Waals surface area contributed by atoms with Gasteiger partial charge in [0, 0.05) is 25.3 Å². The minimum absolute atomic E-state index is 0.412. The first kappa shape index (κ1) is 13.4. The zero-order valence-electron chi connectivity index (χ0n) is 12.0. The summed E-state index contributed by atoms with van der Waals surface area (Å²) in [7, 11) is 0. The molecule has 2 nitrogen and oxygen atoms in total. The molecular weight excluding hydrogens is 220 g/mol. The van der Waals surface area contributed by atoms with Gasteiger partial charge in [0.2, 0.25) is 0 Å². The highest BCUT2D eigenvalue weighted by Crippen LogP contribution is 2.29. The summed E-state index contributed by atoms with van der Waals surface area (Å²) in [5, 5.41) is 0. The minimum Gasteiger partial charge on any atom is -0.371 e. The van der Waals surface area contributed by atoms with Gasteiger partial charge in [0.1, 0.15) is 0 Å². The number of benzene rings is 1. The third-order valence-corrected chi connectivity index (χ3v) is 3.73. The molecule has 0 unspecified atom stereocenters. The number of nitrogens with two attached hydrogens (primary N) is 1. The molecule has 0 saturated heterocycles. The Hall–Kier alpha value is -1.02. The maximum Gasteiger partial charge on any atom is 0.0398 e. The first-order valence-corrected chi connectivity index (χ1v) is 7.06. The van der Waals surface area contributed by atoms with Gasteiger partial charge in [-0.3, -0.25) is 0 Å². The van der Waals surface area contributed by atoms with Gasteiger partial charge in [-0.25, -0.2) is 0 Å². The van der Waals surface area contributed by atoms with Crippen LogP contribution in [0.2, 0.25) is 0 Å². The molecule has 0 atom stereocenters. The van der Waals surface area contributed by atoms with Crippen molar-refractivity contribution in [2.24, 2.45) is 11.1 Å². The van der Waals surface area contributed by atoms with Crippen molar-refractivity contribution in [1.82, 2.24) is 0 Å². The highest BCUT2D eigenvalue weighted by atomic mass is 15.1. The van der Waals surface area contributed by atoms with Gasteiger partial charge in [-0.1, -0.05) is 32.9 Å². The van der Waals surface area contributed by atoms with Crippen molar-refractivity contribution >= 4 is 5.69 Å². The van der Waals surface area contributed by atoms with Crippen LogP contribution in [0.4, 0.5) is 5.69 Å². The van der Waals surface area contributed by atoms with E-state index in [1.165, 1.54) is 49.2 Å². The molecule has 1 aliphatic heterocycles. The normalized spacial score (nSPS) is 15.7. The van der Waals surface area contributed by atoms with E-state index in [1.54, 1.807) is 0 Å². The lowest BCUT2D eigenvalue weighted by Crippen LogP contribution is -2.32. The fourth-order valence-electron chi connectivity index (χ4n) is 2.56. The Kier molecular flexibility index (Phi) is 3.96. The lowest BCUT2D eigenvalue weighted by molar-refractivity contribution is 0.377. The van der Waals surface area contributed by atoms with Gasteiger partial charge in [-0.15, -0.1) is 0 Å². The Morgan fingerprint density at radius 3 is 2.72 bits per heavy atom. The summed E-state index contributed by atoms with van der Waals surface area (Å²) in [4.78, 5) is 2.55. The van der Waals surface area contributed by atoms with E-state index in [-0.39, 0.29) is 0 Å². The lowest BCUT2D eigenvalue weighted by Gasteiger charge is -2.33. The summed E-state index contributed by atoms with van der Waals surface area (Å²) in [5.74, 6) is 0. The standard InChI is InChI=1S/C16H26N2/c1-16(2,3)8-10-18-9-4-5-14-11-13(12-17)6-7-15(14)18/h6-7,11H,4-5,8-10,12,17H2,1-3H3. The van der Waals surface area contributed by atoms with Crippen LogP contribution in [-0.2, 0) is 13.0 Å². The average molecular weight is 246 g/mol. The number of hydrogen-bond donors (Lipinski definition) is 1. The van der Waals surface area contributed by atoms with Crippen LogP contribution in [0.15, 0.2) is 18.2 Å². The summed E-state index contributed by atoms with van der Waals surface area (Å²) in [6.07, 6.45) is 3.71. The Bertz CT molecular complexity index is 404. The molecule has 1 aromatic carbocycles. The molecule has 0 amide bonds. The van der Waals surface area contributed by atoms with E-state index in [9.17, 15) is 0 Å². The van der Waals surface area contributed by atoms with E-state index in [1.807, 2.05) is 0 Å². The summed E-state index contributed by atoms with van der Waals surface area (Å²) in [6.45, 7) is 9.96. The molecule has 0 aromatic heterocycles. The largest absolute Gasteiger partial charge is 0.371 e. The molecule has 2 heteroatoms. The van der Waals surface area contributed by atoms with Crippen LogP contribution < -0.4 is 10.6 Å². The van der Waals surface area contributed by atoms with Crippen molar-refractivity contribution in [3.8, 4) is 0 Å². The summed E-state index contributed by atoms with van der Waals surface area (Å²) < 4.78 is 0. The van der Waals surface area contributed by atoms with Gasteiger partial charge in [0.25, 0.3) is 0 Å². The lowest BCUT2D eigenvalue weighted by atomic mass is 9.91. The van der Waals surface area contributed by atoms with Crippen molar-refractivity contribution in [3.05, 3.63) is 29.3 Å². The highest BCUT2D eigenvalue weighted by molar-refractivity contribution is 5.56. The van der Waals surface area contributed by atoms with Gasteiger partial charge < -0.3 is 10.6 Å². The van der Waals surface area contributed by atoms with Gasteiger partial charge >= 0.3 is 0 Å². The quantitative estimate of drug-likeness (QED) is 0.886. The van der Waals surface area contributed by atoms with Crippen molar-refractivity contribution in [3.63, 3.8) is 0 Å². The summed E-state index contributed by atoms with van der Waals surface area (Å²) in [6, 6.07) is 6.73. The molecule has 0 fully saturated rings. The number of hydrogen-bond acceptors (Lipinski definition) is 2. The van der Waals surface area contributed by atoms with Crippen LogP contribution in [-0.4, -0.2) is 13.1 Å². The van der Waals surface area contributed by atoms with Gasteiger partial charge in [-0.2, -0.15) is 0 Å². The Balaban J connectivity index is 2.13. The average Bonchev–Trinajstić information content (AvgIpc) is 2.34. The van der Waals surface area contributed by atoms with E-state index in [4.69, 9.17) is 5.73 Å². The Morgan fingerprint density at radius 2 is 2.06 bits per heavy atom. The predicted octanol–water partition coefficient (Wildman–Crippen LogP) is 3.33. The van der Waals surface area contributed by atoms with Crippen LogP contribution in [0.5, 0.6) is 0 Å². The van der Waals surface area contributed by atoms with Crippen LogP contribution >= 0.6 is 0 Å². The molecule has 0 radical (unpaired) electrons. The van der Waals surface area contributed by atoms with Crippen molar-refractivity contribution in [2.75, 3.05) is 18.0 Å². The van der Waals surface area contributed by atoms with E-state index in [2.05, 4.69) is 43.9 Å². The fraction of sp³-hybridized carbons (Fsp3) is 0.625. The molecule has 1 heterocycles. The second kappa shape index (κ2) is 5.31. The molecule has 2 N–H and O–H groups in total. The zero-order chi connectivity index (χ0) is 13.2. The van der Waals surface area contributed by atoms with E-state index in [0.29, 0.717) is 12.0 Å². The molecule has 0 saturated carbocycles. The van der Waals surface area contributed by atoms with Crippen molar-refractivity contribution < 1.29 is 0 Å². The third-order valence-electron chi connectivity index (χ3n) is 3.73. The van der Waals surface area contributed by atoms with Gasteiger partial charge in [0.05, 0.1) is 0 Å². The van der Waals surface area contributed by atoms with E-state index < -0.39 is 0 Å². The monoisotopic (exact) mass is 246 g/mol. The first-order chi connectivity index (χ1) is 8.49. The molecule has 100 valence electrons. The molecule has 0 bridgehead atoms. The van der Waals surface area contributed by atoms with Gasteiger partial charge in [-0.05, 0) is 41.9 Å². The number of fused-ring (bicyclic) bond motifs is 1. The van der Waals surface area contributed by atoms with Crippen molar-refractivity contribution in [2.45, 2.75) is 46.6 Å². The predicted molar refractivity (Wildman–Crippen MR) is 78.9 cm³/mol. The topological polar surface area (TPSA) is 29.3 Å². The molecule has 1 aromatic rings. The number of rotatable bonds is 3. The van der Waals surface area contributed by atoms with Crippen molar-refractivity contribution in [1.29, 1.82) is 0 Å². The fourth-order valence-corrected chi connectivity index (χ4v) is 2.56. The summed E-state index contributed by atoms with van der Waals surface area (Å²) in [5.41, 5.74) is 10.3. The van der Waals surface area contributed by atoms with Crippen LogP contribution in [0, 0.1) is 5.41 Å². The van der Waals surface area contributed by atoms with E-state index in [0.717, 1.165) is 0 Å². The maximum absolute atomic E-state index is 5.72. The summed E-state index contributed by atoms with van der Waals surface area (Å²) >= 11 is 0. The molecule has 18 heavy (non-hydrogen) atoms.